The molecule has 0 aliphatic carbocycles. The largest absolute Gasteiger partial charge is 0.300 e. The summed E-state index contributed by atoms with van der Waals surface area (Å²) in [6, 6.07) is 0. The van der Waals surface area contributed by atoms with Gasteiger partial charge in [0.15, 0.2) is 5.55 Å². The summed E-state index contributed by atoms with van der Waals surface area (Å²) in [6.07, 6.45) is 8.34. The first-order valence-corrected chi connectivity index (χ1v) is 11.6. The maximum atomic E-state index is 12.4. The Hall–Kier alpha value is 0.930. The van der Waals surface area contributed by atoms with Crippen LogP contribution in [0.5, 0.6) is 0 Å². The Morgan fingerprint density at radius 1 is 0.812 bits per heavy atom. The molecule has 0 rings (SSSR count). The fraction of sp³-hybridized carbons (Fsp3) is 1.00. The molecule has 0 aliphatic heterocycles. The summed E-state index contributed by atoms with van der Waals surface area (Å²) in [5.41, 5.74) is -1.95. The van der Waals surface area contributed by atoms with E-state index in [4.69, 9.17) is 0 Å². The Balaban J connectivity index is 3.69. The average Bonchev–Trinajstić information content (AvgIpc) is 2.31. The lowest BCUT2D eigenvalue weighted by atomic mass is 10.3. The molecule has 0 unspecified atom stereocenters. The van der Waals surface area contributed by atoms with Crippen LogP contribution < -0.4 is 0 Å². The van der Waals surface area contributed by atoms with Gasteiger partial charge in [0.25, 0.3) is 0 Å². The molecule has 16 heavy (non-hydrogen) atoms. The topological polar surface area (TPSA) is 17.1 Å². The van der Waals surface area contributed by atoms with Gasteiger partial charge < -0.3 is 4.57 Å². The molecule has 0 aliphatic rings. The van der Waals surface area contributed by atoms with Gasteiger partial charge in [0.1, 0.15) is 0 Å². The minimum absolute atomic E-state index is 0.848. The molecule has 0 aromatic rings. The number of rotatable bonds is 11. The summed E-state index contributed by atoms with van der Waals surface area (Å²) >= 11 is 3.48. The van der Waals surface area contributed by atoms with E-state index < -0.39 is 5.55 Å². The molecule has 0 saturated heterocycles. The van der Waals surface area contributed by atoms with Crippen molar-refractivity contribution in [2.24, 2.45) is 0 Å². The Bertz CT molecular complexity index is 181. The molecule has 1 nitrogen and oxygen atoms in total. The highest BCUT2D eigenvalue weighted by Crippen LogP contribution is 2.68. The molecular formula is C12H27OPS2. The van der Waals surface area contributed by atoms with Gasteiger partial charge in [-0.2, -0.15) is 0 Å². The molecule has 0 fully saturated rings. The van der Waals surface area contributed by atoms with E-state index in [1.54, 1.807) is 22.8 Å². The van der Waals surface area contributed by atoms with Gasteiger partial charge in [-0.15, -0.1) is 0 Å². The van der Waals surface area contributed by atoms with E-state index in [2.05, 4.69) is 20.8 Å². The highest BCUT2D eigenvalue weighted by molar-refractivity contribution is 8.90. The highest BCUT2D eigenvalue weighted by atomic mass is 33.1. The standard InChI is InChI=1S/C12H27OPS2/c1-4-7-9-11-15-14(13,6-3)16-12-10-8-5-2/h4-12H2,1-3H3. The molecule has 0 spiro atoms. The van der Waals surface area contributed by atoms with Gasteiger partial charge >= 0.3 is 0 Å². The molecule has 0 atom stereocenters. The second kappa shape index (κ2) is 11.0. The smallest absolute Gasteiger partial charge is 0.190 e. The van der Waals surface area contributed by atoms with Crippen LogP contribution in [0, 0.1) is 0 Å². The third-order valence-corrected chi connectivity index (χ3v) is 11.9. The van der Waals surface area contributed by atoms with E-state index in [1.165, 1.54) is 38.5 Å². The van der Waals surface area contributed by atoms with Crippen LogP contribution in [0.4, 0.5) is 0 Å². The van der Waals surface area contributed by atoms with Crippen molar-refractivity contribution in [2.45, 2.75) is 59.3 Å². The van der Waals surface area contributed by atoms with Crippen LogP contribution in [-0.4, -0.2) is 17.7 Å². The Morgan fingerprint density at radius 3 is 1.56 bits per heavy atom. The van der Waals surface area contributed by atoms with E-state index in [-0.39, 0.29) is 0 Å². The van der Waals surface area contributed by atoms with Gasteiger partial charge in [0, 0.05) is 17.7 Å². The average molecular weight is 282 g/mol. The molecule has 0 aromatic carbocycles. The van der Waals surface area contributed by atoms with Crippen molar-refractivity contribution in [3.8, 4) is 0 Å². The van der Waals surface area contributed by atoms with Crippen LogP contribution in [0.2, 0.25) is 0 Å². The summed E-state index contributed by atoms with van der Waals surface area (Å²) in [7, 11) is 0. The molecule has 0 radical (unpaired) electrons. The monoisotopic (exact) mass is 282 g/mol. The lowest BCUT2D eigenvalue weighted by Crippen LogP contribution is -1.85. The van der Waals surface area contributed by atoms with Crippen LogP contribution in [0.15, 0.2) is 0 Å². The summed E-state index contributed by atoms with van der Waals surface area (Å²) in [5, 5.41) is 0. The molecule has 0 aromatic heterocycles. The Labute approximate surface area is 110 Å². The van der Waals surface area contributed by atoms with Crippen molar-refractivity contribution in [3.63, 3.8) is 0 Å². The zero-order valence-electron chi connectivity index (χ0n) is 11.0. The van der Waals surface area contributed by atoms with Crippen molar-refractivity contribution in [2.75, 3.05) is 17.7 Å². The van der Waals surface area contributed by atoms with Gasteiger partial charge in [0.05, 0.1) is 0 Å². The second-order valence-corrected chi connectivity index (χ2v) is 13.0. The fourth-order valence-corrected chi connectivity index (χ4v) is 8.77. The number of hydrogen-bond donors (Lipinski definition) is 0. The molecule has 0 N–H and O–H groups in total. The first-order chi connectivity index (χ1) is 7.68. The van der Waals surface area contributed by atoms with Gasteiger partial charge in [-0.1, -0.05) is 69.2 Å². The predicted octanol–water partition coefficient (Wildman–Crippen LogP) is 6.05. The zero-order valence-corrected chi connectivity index (χ0v) is 13.6. The molecule has 0 bridgehead atoms. The Kier molecular flexibility index (Phi) is 11.7. The first-order valence-electron chi connectivity index (χ1n) is 6.56. The third-order valence-electron chi connectivity index (χ3n) is 2.46. The van der Waals surface area contributed by atoms with Crippen LogP contribution >= 0.6 is 28.3 Å². The first kappa shape index (κ1) is 16.9. The van der Waals surface area contributed by atoms with Crippen molar-refractivity contribution < 1.29 is 4.57 Å². The number of hydrogen-bond acceptors (Lipinski definition) is 3. The minimum Gasteiger partial charge on any atom is -0.300 e. The second-order valence-electron chi connectivity index (χ2n) is 4.01. The minimum atomic E-state index is -1.95. The lowest BCUT2D eigenvalue weighted by molar-refractivity contribution is 0.594. The van der Waals surface area contributed by atoms with E-state index in [0.717, 1.165) is 17.7 Å². The SMILES string of the molecule is CCCCCSP(=O)(CC)SCCCCC. The van der Waals surface area contributed by atoms with Crippen molar-refractivity contribution >= 4 is 28.3 Å². The number of unbranched alkanes of at least 4 members (excludes halogenated alkanes) is 4. The summed E-state index contributed by atoms with van der Waals surface area (Å²) in [5.74, 6) is 2.17. The van der Waals surface area contributed by atoms with Crippen LogP contribution in [0.1, 0.15) is 59.3 Å². The predicted molar refractivity (Wildman–Crippen MR) is 82.1 cm³/mol. The lowest BCUT2D eigenvalue weighted by Gasteiger charge is -2.14. The van der Waals surface area contributed by atoms with Crippen molar-refractivity contribution in [1.82, 2.24) is 0 Å². The summed E-state index contributed by atoms with van der Waals surface area (Å²) < 4.78 is 12.4. The summed E-state index contributed by atoms with van der Waals surface area (Å²) in [4.78, 5) is 0. The highest BCUT2D eigenvalue weighted by Gasteiger charge is 2.20. The van der Waals surface area contributed by atoms with Gasteiger partial charge in [-0.25, -0.2) is 0 Å². The molecule has 0 amide bonds. The van der Waals surface area contributed by atoms with Gasteiger partial charge in [-0.3, -0.25) is 0 Å². The van der Waals surface area contributed by atoms with Crippen LogP contribution in [0.25, 0.3) is 0 Å². The van der Waals surface area contributed by atoms with E-state index >= 15 is 0 Å². The molecular weight excluding hydrogens is 255 g/mol. The maximum absolute atomic E-state index is 12.4. The van der Waals surface area contributed by atoms with Gasteiger partial charge in [0.2, 0.25) is 0 Å². The van der Waals surface area contributed by atoms with Crippen LogP contribution in [0.3, 0.4) is 0 Å². The maximum Gasteiger partial charge on any atom is 0.190 e. The third kappa shape index (κ3) is 9.01. The van der Waals surface area contributed by atoms with Crippen LogP contribution in [-0.2, 0) is 4.57 Å². The Morgan fingerprint density at radius 2 is 1.25 bits per heavy atom. The molecule has 98 valence electrons. The molecule has 0 saturated carbocycles. The van der Waals surface area contributed by atoms with Gasteiger partial charge in [-0.05, 0) is 12.8 Å². The molecule has 0 heterocycles. The van der Waals surface area contributed by atoms with Crippen molar-refractivity contribution in [3.05, 3.63) is 0 Å². The fourth-order valence-electron chi connectivity index (χ4n) is 1.33. The summed E-state index contributed by atoms with van der Waals surface area (Å²) in [6.45, 7) is 6.49. The van der Waals surface area contributed by atoms with Crippen molar-refractivity contribution in [1.29, 1.82) is 0 Å². The van der Waals surface area contributed by atoms with E-state index in [0.29, 0.717) is 0 Å². The van der Waals surface area contributed by atoms with E-state index in [1.807, 2.05) is 0 Å². The quantitative estimate of drug-likeness (QED) is 0.339. The normalized spacial score (nSPS) is 11.9. The zero-order chi connectivity index (χ0) is 12.3. The van der Waals surface area contributed by atoms with E-state index in [9.17, 15) is 4.57 Å². The molecule has 4 heteroatoms.